The SMILES string of the molecule is CC1(C)Oc2ccc(NC(=O)NCc3ccccc3F)cc2O1. The quantitative estimate of drug-likeness (QED) is 0.908. The summed E-state index contributed by atoms with van der Waals surface area (Å²) in [5, 5.41) is 5.29. The van der Waals surface area contributed by atoms with Crippen LogP contribution < -0.4 is 20.1 Å². The van der Waals surface area contributed by atoms with E-state index in [0.717, 1.165) is 0 Å². The minimum absolute atomic E-state index is 0.107. The fourth-order valence-corrected chi connectivity index (χ4v) is 2.29. The van der Waals surface area contributed by atoms with Gasteiger partial charge in [-0.3, -0.25) is 0 Å². The normalized spacial score (nSPS) is 14.4. The molecule has 1 aliphatic rings. The number of halogens is 1. The van der Waals surface area contributed by atoms with Gasteiger partial charge in [-0.2, -0.15) is 0 Å². The molecule has 0 saturated carbocycles. The molecule has 2 aromatic carbocycles. The molecule has 120 valence electrons. The van der Waals surface area contributed by atoms with Crippen LogP contribution in [-0.2, 0) is 6.54 Å². The smallest absolute Gasteiger partial charge is 0.319 e. The predicted molar refractivity (Wildman–Crippen MR) is 84.0 cm³/mol. The van der Waals surface area contributed by atoms with Crippen molar-refractivity contribution in [2.24, 2.45) is 0 Å². The summed E-state index contributed by atoms with van der Waals surface area (Å²) in [6, 6.07) is 11.0. The first kappa shape index (κ1) is 15.1. The maximum Gasteiger partial charge on any atom is 0.319 e. The first-order valence-electron chi connectivity index (χ1n) is 7.23. The van der Waals surface area contributed by atoms with Gasteiger partial charge in [0.1, 0.15) is 5.82 Å². The lowest BCUT2D eigenvalue weighted by molar-refractivity contribution is -0.0431. The Morgan fingerprint density at radius 1 is 1.13 bits per heavy atom. The highest BCUT2D eigenvalue weighted by Gasteiger charge is 2.31. The van der Waals surface area contributed by atoms with E-state index in [1.54, 1.807) is 50.2 Å². The fourth-order valence-electron chi connectivity index (χ4n) is 2.29. The van der Waals surface area contributed by atoms with Crippen LogP contribution in [0.25, 0.3) is 0 Å². The van der Waals surface area contributed by atoms with Crippen LogP contribution >= 0.6 is 0 Å². The molecular formula is C17H17FN2O3. The summed E-state index contributed by atoms with van der Waals surface area (Å²) in [7, 11) is 0. The lowest BCUT2D eigenvalue weighted by Gasteiger charge is -2.16. The standard InChI is InChI=1S/C17H17FN2O3/c1-17(2)22-14-8-7-12(9-15(14)23-17)20-16(21)19-10-11-5-3-4-6-13(11)18/h3-9H,10H2,1-2H3,(H2,19,20,21). The van der Waals surface area contributed by atoms with Gasteiger partial charge in [0, 0.05) is 37.7 Å². The van der Waals surface area contributed by atoms with Crippen molar-refractivity contribution >= 4 is 11.7 Å². The maximum absolute atomic E-state index is 13.5. The number of rotatable bonds is 3. The number of urea groups is 1. The molecule has 23 heavy (non-hydrogen) atoms. The topological polar surface area (TPSA) is 59.6 Å². The van der Waals surface area contributed by atoms with Crippen molar-refractivity contribution in [1.29, 1.82) is 0 Å². The van der Waals surface area contributed by atoms with Crippen LogP contribution in [0.5, 0.6) is 11.5 Å². The predicted octanol–water partition coefficient (Wildman–Crippen LogP) is 3.65. The number of anilines is 1. The van der Waals surface area contributed by atoms with Crippen molar-refractivity contribution in [2.45, 2.75) is 26.2 Å². The monoisotopic (exact) mass is 316 g/mol. The maximum atomic E-state index is 13.5. The molecule has 0 radical (unpaired) electrons. The third-order valence-corrected chi connectivity index (χ3v) is 3.31. The van der Waals surface area contributed by atoms with E-state index in [2.05, 4.69) is 10.6 Å². The van der Waals surface area contributed by atoms with Crippen LogP contribution in [0.3, 0.4) is 0 Å². The van der Waals surface area contributed by atoms with Crippen molar-refractivity contribution in [3.05, 3.63) is 53.8 Å². The summed E-state index contributed by atoms with van der Waals surface area (Å²) in [6.07, 6.45) is 0. The number of hydrogen-bond acceptors (Lipinski definition) is 3. The van der Waals surface area contributed by atoms with E-state index in [1.165, 1.54) is 6.07 Å². The highest BCUT2D eigenvalue weighted by molar-refractivity contribution is 5.89. The number of hydrogen-bond donors (Lipinski definition) is 2. The summed E-state index contributed by atoms with van der Waals surface area (Å²) >= 11 is 0. The highest BCUT2D eigenvalue weighted by Crippen LogP contribution is 2.40. The first-order chi connectivity index (χ1) is 10.9. The van der Waals surface area contributed by atoms with Gasteiger partial charge in [-0.05, 0) is 18.2 Å². The molecule has 0 aliphatic carbocycles. The van der Waals surface area contributed by atoms with Gasteiger partial charge < -0.3 is 20.1 Å². The molecule has 2 amide bonds. The van der Waals surface area contributed by atoms with Gasteiger partial charge in [0.25, 0.3) is 0 Å². The van der Waals surface area contributed by atoms with Crippen LogP contribution in [-0.4, -0.2) is 11.8 Å². The Morgan fingerprint density at radius 2 is 1.87 bits per heavy atom. The lowest BCUT2D eigenvalue weighted by Crippen LogP contribution is -2.29. The van der Waals surface area contributed by atoms with E-state index >= 15 is 0 Å². The number of fused-ring (bicyclic) bond motifs is 1. The van der Waals surface area contributed by atoms with E-state index in [-0.39, 0.29) is 12.4 Å². The molecule has 6 heteroatoms. The number of ether oxygens (including phenoxy) is 2. The van der Waals surface area contributed by atoms with Crippen molar-refractivity contribution in [3.63, 3.8) is 0 Å². The van der Waals surface area contributed by atoms with E-state index in [9.17, 15) is 9.18 Å². The van der Waals surface area contributed by atoms with Gasteiger partial charge in [0.2, 0.25) is 5.79 Å². The molecule has 0 fully saturated rings. The highest BCUT2D eigenvalue weighted by atomic mass is 19.1. The molecule has 0 spiro atoms. The molecule has 2 aromatic rings. The summed E-state index contributed by atoms with van der Waals surface area (Å²) in [4.78, 5) is 11.9. The number of benzene rings is 2. The number of nitrogens with one attached hydrogen (secondary N) is 2. The van der Waals surface area contributed by atoms with Crippen molar-refractivity contribution < 1.29 is 18.7 Å². The Balaban J connectivity index is 1.60. The van der Waals surface area contributed by atoms with E-state index in [1.807, 2.05) is 0 Å². The molecule has 1 aliphatic heterocycles. The van der Waals surface area contributed by atoms with Crippen molar-refractivity contribution in [1.82, 2.24) is 5.32 Å². The van der Waals surface area contributed by atoms with Gasteiger partial charge in [0.05, 0.1) is 0 Å². The van der Waals surface area contributed by atoms with E-state index < -0.39 is 11.8 Å². The van der Waals surface area contributed by atoms with E-state index in [4.69, 9.17) is 9.47 Å². The summed E-state index contributed by atoms with van der Waals surface area (Å²) in [5.41, 5.74) is 0.992. The van der Waals surface area contributed by atoms with Crippen LogP contribution in [0, 0.1) is 5.82 Å². The Bertz CT molecular complexity index is 746. The van der Waals surface area contributed by atoms with Crippen LogP contribution in [0.2, 0.25) is 0 Å². The van der Waals surface area contributed by atoms with Crippen LogP contribution in [0.4, 0.5) is 14.9 Å². The van der Waals surface area contributed by atoms with Crippen molar-refractivity contribution in [3.8, 4) is 11.5 Å². The largest absolute Gasteiger partial charge is 0.449 e. The molecule has 0 atom stereocenters. The second-order valence-electron chi connectivity index (χ2n) is 5.66. The zero-order valence-corrected chi connectivity index (χ0v) is 12.9. The fraction of sp³-hybridized carbons (Fsp3) is 0.235. The first-order valence-corrected chi connectivity index (χ1v) is 7.23. The molecule has 0 aromatic heterocycles. The number of amides is 2. The molecule has 0 saturated heterocycles. The Hall–Kier alpha value is -2.76. The Labute approximate surface area is 133 Å². The molecule has 3 rings (SSSR count). The third kappa shape index (κ3) is 3.53. The average molecular weight is 316 g/mol. The second kappa shape index (κ2) is 5.79. The molecule has 0 unspecified atom stereocenters. The van der Waals surface area contributed by atoms with Gasteiger partial charge >= 0.3 is 6.03 Å². The minimum Gasteiger partial charge on any atom is -0.449 e. The Kier molecular flexibility index (Phi) is 3.82. The summed E-state index contributed by atoms with van der Waals surface area (Å²) < 4.78 is 24.7. The van der Waals surface area contributed by atoms with E-state index in [0.29, 0.717) is 22.7 Å². The van der Waals surface area contributed by atoms with Crippen LogP contribution in [0.1, 0.15) is 19.4 Å². The van der Waals surface area contributed by atoms with Gasteiger partial charge in [-0.15, -0.1) is 0 Å². The van der Waals surface area contributed by atoms with Crippen LogP contribution in [0.15, 0.2) is 42.5 Å². The molecule has 1 heterocycles. The molecule has 2 N–H and O–H groups in total. The molecular weight excluding hydrogens is 299 g/mol. The zero-order chi connectivity index (χ0) is 16.4. The van der Waals surface area contributed by atoms with Crippen molar-refractivity contribution in [2.75, 3.05) is 5.32 Å². The molecule has 0 bridgehead atoms. The van der Waals surface area contributed by atoms with Gasteiger partial charge in [0.15, 0.2) is 11.5 Å². The third-order valence-electron chi connectivity index (χ3n) is 3.31. The lowest BCUT2D eigenvalue weighted by atomic mass is 10.2. The number of carbonyl (C=O) groups excluding carboxylic acids is 1. The summed E-state index contributed by atoms with van der Waals surface area (Å²) in [5.74, 6) is 0.140. The summed E-state index contributed by atoms with van der Waals surface area (Å²) in [6.45, 7) is 3.72. The second-order valence-corrected chi connectivity index (χ2v) is 5.66. The van der Waals surface area contributed by atoms with Gasteiger partial charge in [-0.1, -0.05) is 18.2 Å². The number of carbonyl (C=O) groups is 1. The van der Waals surface area contributed by atoms with Gasteiger partial charge in [-0.25, -0.2) is 9.18 Å². The molecule has 5 nitrogen and oxygen atoms in total. The Morgan fingerprint density at radius 3 is 2.65 bits per heavy atom. The zero-order valence-electron chi connectivity index (χ0n) is 12.9. The minimum atomic E-state index is -0.714. The average Bonchev–Trinajstić information content (AvgIpc) is 2.79.